The molecule has 0 bridgehead atoms. The molecular formula is C32H32ClNO5S. The Morgan fingerprint density at radius 1 is 0.900 bits per heavy atom. The summed E-state index contributed by atoms with van der Waals surface area (Å²) in [5.41, 5.74) is 3.85. The first-order valence-corrected chi connectivity index (χ1v) is 15.0. The highest BCUT2D eigenvalue weighted by Gasteiger charge is 2.18. The monoisotopic (exact) mass is 577 g/mol. The molecule has 0 heterocycles. The number of carbonyl (C=O) groups is 1. The van der Waals surface area contributed by atoms with Crippen molar-refractivity contribution >= 4 is 27.4 Å². The number of aryl methyl sites for hydroxylation is 1. The van der Waals surface area contributed by atoms with Crippen molar-refractivity contribution in [3.05, 3.63) is 119 Å². The summed E-state index contributed by atoms with van der Waals surface area (Å²) < 4.78 is 31.5. The maximum Gasteiger partial charge on any atom is 0.338 e. The Morgan fingerprint density at radius 3 is 2.25 bits per heavy atom. The number of hydrogen-bond acceptors (Lipinski definition) is 6. The number of ether oxygens (including phenoxy) is 1. The molecule has 0 aromatic heterocycles. The standard InChI is InChI=1S/C32H32ClNO5S/c1-2-39-32(36)27-9-3-7-25(20-27)24-13-17-30(18-14-24)40(37,38)29-15-11-23(12-16-29)6-5-19-34-22-31(35)26-8-4-10-28(33)21-26/h3-4,7-18,20-21,31,34-35H,2,5-6,19,22H2,1H3/t31-/m0/s1. The molecule has 0 aliphatic heterocycles. The van der Waals surface area contributed by atoms with Crippen LogP contribution < -0.4 is 5.32 Å². The van der Waals surface area contributed by atoms with Gasteiger partial charge in [-0.25, -0.2) is 13.2 Å². The second-order valence-corrected chi connectivity index (χ2v) is 11.7. The summed E-state index contributed by atoms with van der Waals surface area (Å²) in [6.07, 6.45) is 0.986. The van der Waals surface area contributed by atoms with E-state index in [1.807, 2.05) is 30.3 Å². The Kier molecular flexibility index (Phi) is 10.1. The van der Waals surface area contributed by atoms with Gasteiger partial charge in [-0.05, 0) is 97.1 Å². The SMILES string of the molecule is CCOC(=O)c1cccc(-c2ccc(S(=O)(=O)c3ccc(CCCNC[C@H](O)c4cccc(Cl)c4)cc3)cc2)c1. The van der Waals surface area contributed by atoms with Crippen molar-refractivity contribution in [3.8, 4) is 11.1 Å². The van der Waals surface area contributed by atoms with E-state index in [2.05, 4.69) is 5.32 Å². The van der Waals surface area contributed by atoms with Gasteiger partial charge in [-0.3, -0.25) is 0 Å². The van der Waals surface area contributed by atoms with Crippen LogP contribution in [0.25, 0.3) is 11.1 Å². The Hall–Kier alpha value is -3.49. The first-order chi connectivity index (χ1) is 19.3. The van der Waals surface area contributed by atoms with Crippen molar-refractivity contribution in [3.63, 3.8) is 0 Å². The van der Waals surface area contributed by atoms with Gasteiger partial charge in [-0.15, -0.1) is 0 Å². The fourth-order valence-corrected chi connectivity index (χ4v) is 5.79. The lowest BCUT2D eigenvalue weighted by atomic mass is 10.0. The summed E-state index contributed by atoms with van der Waals surface area (Å²) in [6, 6.07) is 27.8. The average molecular weight is 578 g/mol. The summed E-state index contributed by atoms with van der Waals surface area (Å²) in [4.78, 5) is 12.5. The lowest BCUT2D eigenvalue weighted by Gasteiger charge is -2.12. The second-order valence-electron chi connectivity index (χ2n) is 9.35. The van der Waals surface area contributed by atoms with Gasteiger partial charge in [0.25, 0.3) is 0 Å². The Bertz CT molecular complexity index is 1540. The van der Waals surface area contributed by atoms with E-state index in [-0.39, 0.29) is 9.79 Å². The molecule has 8 heteroatoms. The normalized spacial score (nSPS) is 12.2. The van der Waals surface area contributed by atoms with Gasteiger partial charge in [0.15, 0.2) is 0 Å². The quantitative estimate of drug-likeness (QED) is 0.152. The molecule has 0 amide bonds. The van der Waals surface area contributed by atoms with Crippen molar-refractivity contribution in [1.82, 2.24) is 5.32 Å². The van der Waals surface area contributed by atoms with Crippen LogP contribution in [0, 0.1) is 0 Å². The van der Waals surface area contributed by atoms with Crippen LogP contribution in [-0.4, -0.2) is 39.2 Å². The largest absolute Gasteiger partial charge is 0.462 e. The number of sulfone groups is 1. The van der Waals surface area contributed by atoms with Gasteiger partial charge in [-0.1, -0.05) is 60.1 Å². The third-order valence-electron chi connectivity index (χ3n) is 6.50. The predicted octanol–water partition coefficient (Wildman–Crippen LogP) is 6.27. The lowest BCUT2D eigenvalue weighted by molar-refractivity contribution is 0.0526. The van der Waals surface area contributed by atoms with E-state index in [1.165, 1.54) is 0 Å². The van der Waals surface area contributed by atoms with Crippen molar-refractivity contribution in [2.45, 2.75) is 35.7 Å². The Labute approximate surface area is 240 Å². The molecule has 0 aliphatic rings. The number of carbonyl (C=O) groups excluding carboxylic acids is 1. The van der Waals surface area contributed by atoms with Gasteiger partial charge < -0.3 is 15.2 Å². The van der Waals surface area contributed by atoms with Crippen LogP contribution in [-0.2, 0) is 21.0 Å². The van der Waals surface area contributed by atoms with Gasteiger partial charge in [0.05, 0.1) is 28.1 Å². The highest BCUT2D eigenvalue weighted by molar-refractivity contribution is 7.91. The number of aliphatic hydroxyl groups excluding tert-OH is 1. The lowest BCUT2D eigenvalue weighted by Crippen LogP contribution is -2.22. The zero-order chi connectivity index (χ0) is 28.5. The summed E-state index contributed by atoms with van der Waals surface area (Å²) in [5, 5.41) is 14.1. The molecule has 4 rings (SSSR count). The van der Waals surface area contributed by atoms with Gasteiger partial charge in [-0.2, -0.15) is 0 Å². The molecule has 208 valence electrons. The molecule has 40 heavy (non-hydrogen) atoms. The number of rotatable bonds is 12. The number of halogens is 1. The minimum Gasteiger partial charge on any atom is -0.462 e. The molecule has 0 aliphatic carbocycles. The second kappa shape index (κ2) is 13.7. The highest BCUT2D eigenvalue weighted by atomic mass is 35.5. The number of hydrogen-bond donors (Lipinski definition) is 2. The van der Waals surface area contributed by atoms with Crippen molar-refractivity contribution < 1.29 is 23.1 Å². The van der Waals surface area contributed by atoms with Crippen molar-refractivity contribution in [1.29, 1.82) is 0 Å². The molecule has 0 radical (unpaired) electrons. The molecule has 2 N–H and O–H groups in total. The third-order valence-corrected chi connectivity index (χ3v) is 8.52. The molecule has 4 aromatic rings. The van der Waals surface area contributed by atoms with Crippen LogP contribution in [0.1, 0.15) is 40.9 Å². The molecular weight excluding hydrogens is 546 g/mol. The van der Waals surface area contributed by atoms with Crippen LogP contribution in [0.5, 0.6) is 0 Å². The van der Waals surface area contributed by atoms with Gasteiger partial charge >= 0.3 is 5.97 Å². The van der Waals surface area contributed by atoms with E-state index in [4.69, 9.17) is 16.3 Å². The average Bonchev–Trinajstić information content (AvgIpc) is 2.97. The molecule has 0 saturated carbocycles. The first-order valence-electron chi connectivity index (χ1n) is 13.1. The van der Waals surface area contributed by atoms with Gasteiger partial charge in [0.2, 0.25) is 9.84 Å². The summed E-state index contributed by atoms with van der Waals surface area (Å²) in [5.74, 6) is -0.393. The van der Waals surface area contributed by atoms with Crippen LogP contribution in [0.3, 0.4) is 0 Å². The number of benzene rings is 4. The van der Waals surface area contributed by atoms with E-state index in [0.717, 1.165) is 35.1 Å². The zero-order valence-corrected chi connectivity index (χ0v) is 23.8. The van der Waals surface area contributed by atoms with Gasteiger partial charge in [0, 0.05) is 11.6 Å². The Morgan fingerprint density at radius 2 is 1.57 bits per heavy atom. The van der Waals surface area contributed by atoms with Gasteiger partial charge in [0.1, 0.15) is 0 Å². The fourth-order valence-electron chi connectivity index (χ4n) is 4.33. The van der Waals surface area contributed by atoms with E-state index in [1.54, 1.807) is 73.7 Å². The molecule has 0 unspecified atom stereocenters. The topological polar surface area (TPSA) is 92.7 Å². The summed E-state index contributed by atoms with van der Waals surface area (Å²) >= 11 is 5.98. The number of esters is 1. The molecule has 6 nitrogen and oxygen atoms in total. The van der Waals surface area contributed by atoms with Crippen LogP contribution in [0.15, 0.2) is 107 Å². The molecule has 0 saturated heterocycles. The van der Waals surface area contributed by atoms with E-state index < -0.39 is 21.9 Å². The van der Waals surface area contributed by atoms with E-state index in [0.29, 0.717) is 30.3 Å². The smallest absolute Gasteiger partial charge is 0.338 e. The molecule has 0 fully saturated rings. The van der Waals surface area contributed by atoms with Crippen molar-refractivity contribution in [2.75, 3.05) is 19.7 Å². The maximum atomic E-state index is 13.2. The van der Waals surface area contributed by atoms with Crippen LogP contribution in [0.4, 0.5) is 0 Å². The Balaban J connectivity index is 1.31. The maximum absolute atomic E-state index is 13.2. The number of nitrogens with one attached hydrogen (secondary N) is 1. The van der Waals surface area contributed by atoms with Crippen LogP contribution >= 0.6 is 11.6 Å². The van der Waals surface area contributed by atoms with Crippen molar-refractivity contribution in [2.24, 2.45) is 0 Å². The predicted molar refractivity (Wildman–Crippen MR) is 157 cm³/mol. The third kappa shape index (κ3) is 7.58. The zero-order valence-electron chi connectivity index (χ0n) is 22.2. The minimum atomic E-state index is -3.68. The fraction of sp³-hybridized carbons (Fsp3) is 0.219. The molecule has 0 spiro atoms. The molecule has 1 atom stereocenters. The number of aliphatic hydroxyl groups is 1. The summed E-state index contributed by atoms with van der Waals surface area (Å²) in [6.45, 7) is 3.19. The molecule has 4 aromatic carbocycles. The minimum absolute atomic E-state index is 0.202. The highest BCUT2D eigenvalue weighted by Crippen LogP contribution is 2.26. The summed E-state index contributed by atoms with van der Waals surface area (Å²) in [7, 11) is -3.68. The van der Waals surface area contributed by atoms with Crippen LogP contribution in [0.2, 0.25) is 5.02 Å². The van der Waals surface area contributed by atoms with E-state index in [9.17, 15) is 18.3 Å². The first kappa shape index (κ1) is 29.5. The van der Waals surface area contributed by atoms with E-state index >= 15 is 0 Å².